The second-order valence-electron chi connectivity index (χ2n) is 4.69. The third-order valence-electron chi connectivity index (χ3n) is 3.27. The van der Waals surface area contributed by atoms with Crippen molar-refractivity contribution >= 4 is 5.97 Å². The van der Waals surface area contributed by atoms with Crippen LogP contribution in [0.25, 0.3) is 0 Å². The van der Waals surface area contributed by atoms with Gasteiger partial charge in [-0.3, -0.25) is 0 Å². The number of hydrogen-bond donors (Lipinski definition) is 2. The van der Waals surface area contributed by atoms with E-state index in [-0.39, 0.29) is 11.3 Å². The Hall–Kier alpha value is -1.29. The first kappa shape index (κ1) is 11.2. The monoisotopic (exact) mass is 223 g/mol. The van der Waals surface area contributed by atoms with E-state index in [4.69, 9.17) is 9.52 Å². The van der Waals surface area contributed by atoms with Gasteiger partial charge < -0.3 is 14.8 Å². The lowest BCUT2D eigenvalue weighted by atomic mass is 10.0. The molecule has 1 fully saturated rings. The summed E-state index contributed by atoms with van der Waals surface area (Å²) < 4.78 is 5.19. The fourth-order valence-corrected chi connectivity index (χ4v) is 2.22. The van der Waals surface area contributed by atoms with Crippen LogP contribution in [0.3, 0.4) is 0 Å². The Morgan fingerprint density at radius 3 is 2.75 bits per heavy atom. The molecule has 1 aliphatic carbocycles. The van der Waals surface area contributed by atoms with Crippen molar-refractivity contribution in [1.82, 2.24) is 5.32 Å². The van der Waals surface area contributed by atoms with Crippen LogP contribution >= 0.6 is 0 Å². The Morgan fingerprint density at radius 1 is 1.50 bits per heavy atom. The van der Waals surface area contributed by atoms with Crippen LogP contribution in [-0.2, 0) is 6.54 Å². The van der Waals surface area contributed by atoms with Crippen LogP contribution in [0.15, 0.2) is 16.5 Å². The molecule has 0 aromatic carbocycles. The SMILES string of the molecule is CC1(NCc2ccc(C(=O)O)o2)CCCC1. The lowest BCUT2D eigenvalue weighted by molar-refractivity contribution is 0.0660. The van der Waals surface area contributed by atoms with Crippen LogP contribution in [0, 0.1) is 0 Å². The minimum Gasteiger partial charge on any atom is -0.475 e. The van der Waals surface area contributed by atoms with E-state index < -0.39 is 5.97 Å². The molecule has 16 heavy (non-hydrogen) atoms. The van der Waals surface area contributed by atoms with Crippen molar-refractivity contribution in [2.75, 3.05) is 0 Å². The highest BCUT2D eigenvalue weighted by atomic mass is 16.4. The van der Waals surface area contributed by atoms with Gasteiger partial charge in [-0.05, 0) is 31.9 Å². The Balaban J connectivity index is 1.91. The third-order valence-corrected chi connectivity index (χ3v) is 3.27. The summed E-state index contributed by atoms with van der Waals surface area (Å²) in [7, 11) is 0. The van der Waals surface area contributed by atoms with Crippen molar-refractivity contribution < 1.29 is 14.3 Å². The van der Waals surface area contributed by atoms with Crippen LogP contribution < -0.4 is 5.32 Å². The number of furan rings is 1. The summed E-state index contributed by atoms with van der Waals surface area (Å²) in [5.74, 6) is -0.322. The van der Waals surface area contributed by atoms with E-state index in [1.807, 2.05) is 0 Å². The second kappa shape index (κ2) is 4.29. The van der Waals surface area contributed by atoms with Gasteiger partial charge in [0.2, 0.25) is 5.76 Å². The number of carboxylic acid groups (broad SMARTS) is 1. The van der Waals surface area contributed by atoms with Gasteiger partial charge in [-0.15, -0.1) is 0 Å². The maximum absolute atomic E-state index is 10.6. The highest BCUT2D eigenvalue weighted by molar-refractivity contribution is 5.84. The molecule has 1 saturated carbocycles. The molecule has 0 bridgehead atoms. The maximum atomic E-state index is 10.6. The molecule has 0 spiro atoms. The molecular weight excluding hydrogens is 206 g/mol. The molecule has 1 aromatic rings. The summed E-state index contributed by atoms with van der Waals surface area (Å²) in [5, 5.41) is 12.2. The fourth-order valence-electron chi connectivity index (χ4n) is 2.22. The number of carbonyl (C=O) groups is 1. The molecule has 1 aromatic heterocycles. The smallest absolute Gasteiger partial charge is 0.371 e. The molecule has 2 rings (SSSR count). The van der Waals surface area contributed by atoms with E-state index >= 15 is 0 Å². The van der Waals surface area contributed by atoms with Crippen LogP contribution in [0.2, 0.25) is 0 Å². The second-order valence-corrected chi connectivity index (χ2v) is 4.69. The van der Waals surface area contributed by atoms with Gasteiger partial charge >= 0.3 is 5.97 Å². The maximum Gasteiger partial charge on any atom is 0.371 e. The van der Waals surface area contributed by atoms with Gasteiger partial charge in [0.1, 0.15) is 5.76 Å². The van der Waals surface area contributed by atoms with Gasteiger partial charge in [-0.2, -0.15) is 0 Å². The van der Waals surface area contributed by atoms with Gasteiger partial charge in [0.15, 0.2) is 0 Å². The summed E-state index contributed by atoms with van der Waals surface area (Å²) in [5.41, 5.74) is 0.191. The summed E-state index contributed by atoms with van der Waals surface area (Å²) in [4.78, 5) is 10.6. The molecule has 1 aliphatic rings. The van der Waals surface area contributed by atoms with Gasteiger partial charge in [0.25, 0.3) is 0 Å². The Bertz CT molecular complexity index is 377. The van der Waals surface area contributed by atoms with E-state index in [1.165, 1.54) is 31.7 Å². The molecule has 0 saturated heterocycles. The molecule has 0 atom stereocenters. The van der Waals surface area contributed by atoms with E-state index in [1.54, 1.807) is 6.07 Å². The molecule has 88 valence electrons. The first-order chi connectivity index (χ1) is 7.59. The molecule has 0 unspecified atom stereocenters. The zero-order chi connectivity index (χ0) is 11.6. The van der Waals surface area contributed by atoms with Crippen molar-refractivity contribution in [1.29, 1.82) is 0 Å². The summed E-state index contributed by atoms with van der Waals surface area (Å²) >= 11 is 0. The van der Waals surface area contributed by atoms with Crippen molar-refractivity contribution in [3.63, 3.8) is 0 Å². The Kier molecular flexibility index (Phi) is 3.01. The highest BCUT2D eigenvalue weighted by Crippen LogP contribution is 2.29. The van der Waals surface area contributed by atoms with Gasteiger partial charge in [0, 0.05) is 5.54 Å². The summed E-state index contributed by atoms with van der Waals surface area (Å²) in [6.45, 7) is 2.81. The average Bonchev–Trinajstić information content (AvgIpc) is 2.84. The first-order valence-corrected chi connectivity index (χ1v) is 5.66. The number of hydrogen-bond acceptors (Lipinski definition) is 3. The molecule has 4 heteroatoms. The topological polar surface area (TPSA) is 62.5 Å². The van der Waals surface area contributed by atoms with E-state index in [0.717, 1.165) is 0 Å². The van der Waals surface area contributed by atoms with Crippen molar-refractivity contribution in [2.24, 2.45) is 0 Å². The predicted molar refractivity (Wildman–Crippen MR) is 59.4 cm³/mol. The van der Waals surface area contributed by atoms with Crippen molar-refractivity contribution in [3.05, 3.63) is 23.7 Å². The zero-order valence-electron chi connectivity index (χ0n) is 9.45. The number of carboxylic acids is 1. The largest absolute Gasteiger partial charge is 0.475 e. The minimum atomic E-state index is -1.02. The van der Waals surface area contributed by atoms with Crippen LogP contribution in [0.4, 0.5) is 0 Å². The standard InChI is InChI=1S/C12H17NO3/c1-12(6-2-3-7-12)13-8-9-4-5-10(16-9)11(14)15/h4-5,13H,2-3,6-8H2,1H3,(H,14,15). The fraction of sp³-hybridized carbons (Fsp3) is 0.583. The molecule has 0 radical (unpaired) electrons. The van der Waals surface area contributed by atoms with E-state index in [2.05, 4.69) is 12.2 Å². The highest BCUT2D eigenvalue weighted by Gasteiger charge is 2.27. The Labute approximate surface area is 94.6 Å². The predicted octanol–water partition coefficient (Wildman–Crippen LogP) is 2.40. The lowest BCUT2D eigenvalue weighted by Crippen LogP contribution is -2.38. The third kappa shape index (κ3) is 2.44. The van der Waals surface area contributed by atoms with Gasteiger partial charge in [-0.1, -0.05) is 12.8 Å². The quantitative estimate of drug-likeness (QED) is 0.822. The normalized spacial score (nSPS) is 18.8. The molecule has 4 nitrogen and oxygen atoms in total. The van der Waals surface area contributed by atoms with E-state index in [9.17, 15) is 4.79 Å². The average molecular weight is 223 g/mol. The van der Waals surface area contributed by atoms with Gasteiger partial charge in [-0.25, -0.2) is 4.79 Å². The van der Waals surface area contributed by atoms with Crippen molar-refractivity contribution in [3.8, 4) is 0 Å². The molecule has 0 amide bonds. The number of rotatable bonds is 4. The molecular formula is C12H17NO3. The number of nitrogens with one attached hydrogen (secondary N) is 1. The zero-order valence-corrected chi connectivity index (χ0v) is 9.45. The molecule has 2 N–H and O–H groups in total. The lowest BCUT2D eigenvalue weighted by Gasteiger charge is -2.24. The van der Waals surface area contributed by atoms with Crippen molar-refractivity contribution in [2.45, 2.75) is 44.7 Å². The Morgan fingerprint density at radius 2 is 2.19 bits per heavy atom. The van der Waals surface area contributed by atoms with Gasteiger partial charge in [0.05, 0.1) is 6.54 Å². The summed E-state index contributed by atoms with van der Waals surface area (Å²) in [6, 6.07) is 3.21. The molecule has 0 aliphatic heterocycles. The molecule has 1 heterocycles. The first-order valence-electron chi connectivity index (χ1n) is 5.66. The number of aromatic carboxylic acids is 1. The van der Waals surface area contributed by atoms with Crippen LogP contribution in [0.5, 0.6) is 0 Å². The van der Waals surface area contributed by atoms with E-state index in [0.29, 0.717) is 12.3 Å². The van der Waals surface area contributed by atoms with Crippen LogP contribution in [-0.4, -0.2) is 16.6 Å². The summed E-state index contributed by atoms with van der Waals surface area (Å²) in [6.07, 6.45) is 4.89. The minimum absolute atomic E-state index is 0.00775. The van der Waals surface area contributed by atoms with Crippen LogP contribution in [0.1, 0.15) is 48.9 Å².